The van der Waals surface area contributed by atoms with Gasteiger partial charge in [0.2, 0.25) is 10.0 Å². The molecule has 2 heterocycles. The van der Waals surface area contributed by atoms with Crippen molar-refractivity contribution in [3.05, 3.63) is 84.7 Å². The van der Waals surface area contributed by atoms with E-state index in [0.717, 1.165) is 16.7 Å². The number of imidazole rings is 1. The molecule has 0 spiro atoms. The highest BCUT2D eigenvalue weighted by molar-refractivity contribution is 7.89. The molecule has 174 valence electrons. The van der Waals surface area contributed by atoms with Gasteiger partial charge in [0, 0.05) is 37.4 Å². The molecular weight excluding hydrogens is 452 g/mol. The van der Waals surface area contributed by atoms with Gasteiger partial charge in [-0.2, -0.15) is 4.31 Å². The number of ether oxygens (including phenoxy) is 1. The van der Waals surface area contributed by atoms with Crippen LogP contribution in [0.4, 0.5) is 0 Å². The Hall–Kier alpha value is -3.69. The lowest BCUT2D eigenvalue weighted by molar-refractivity contribution is 0.0698. The molecule has 0 unspecified atom stereocenters. The molecule has 34 heavy (non-hydrogen) atoms. The molecule has 0 aliphatic carbocycles. The molecular formula is C25H24N4O4S. The third-order valence-corrected chi connectivity index (χ3v) is 7.98. The van der Waals surface area contributed by atoms with Crippen molar-refractivity contribution < 1.29 is 17.9 Å². The van der Waals surface area contributed by atoms with Gasteiger partial charge in [-0.05, 0) is 60.7 Å². The molecule has 5 rings (SSSR count). The zero-order chi connectivity index (χ0) is 23.7. The SMILES string of the molecule is COc1ccc(S(=O)(=O)N2CCN(C(=O)c3ccc(-n4cnc5ccccc54)cc3)CC2)cc1. The Kier molecular flexibility index (Phi) is 5.80. The van der Waals surface area contributed by atoms with Gasteiger partial charge >= 0.3 is 0 Å². The number of rotatable bonds is 5. The predicted octanol–water partition coefficient (Wildman–Crippen LogP) is 3.18. The molecule has 1 fully saturated rings. The van der Waals surface area contributed by atoms with Crippen molar-refractivity contribution in [2.45, 2.75) is 4.90 Å². The first kappa shape index (κ1) is 22.1. The second kappa shape index (κ2) is 8.92. The summed E-state index contributed by atoms with van der Waals surface area (Å²) >= 11 is 0. The number of fused-ring (bicyclic) bond motifs is 1. The van der Waals surface area contributed by atoms with Crippen LogP contribution >= 0.6 is 0 Å². The van der Waals surface area contributed by atoms with Gasteiger partial charge in [0.05, 0.1) is 23.0 Å². The zero-order valence-electron chi connectivity index (χ0n) is 18.7. The van der Waals surface area contributed by atoms with Crippen LogP contribution in [0.1, 0.15) is 10.4 Å². The summed E-state index contributed by atoms with van der Waals surface area (Å²) in [5.41, 5.74) is 3.39. The van der Waals surface area contributed by atoms with Crippen LogP contribution in [-0.2, 0) is 10.0 Å². The topological polar surface area (TPSA) is 84.7 Å². The van der Waals surface area contributed by atoms with E-state index in [2.05, 4.69) is 4.98 Å². The fourth-order valence-electron chi connectivity index (χ4n) is 4.14. The van der Waals surface area contributed by atoms with Crippen LogP contribution < -0.4 is 4.74 Å². The van der Waals surface area contributed by atoms with Crippen molar-refractivity contribution in [1.82, 2.24) is 18.8 Å². The van der Waals surface area contributed by atoms with Crippen LogP contribution in [0, 0.1) is 0 Å². The molecule has 9 heteroatoms. The summed E-state index contributed by atoms with van der Waals surface area (Å²) in [7, 11) is -2.08. The Bertz CT molecular complexity index is 1420. The highest BCUT2D eigenvalue weighted by atomic mass is 32.2. The Morgan fingerprint density at radius 3 is 2.24 bits per heavy atom. The van der Waals surface area contributed by atoms with Gasteiger partial charge in [0.25, 0.3) is 5.91 Å². The van der Waals surface area contributed by atoms with Crippen molar-refractivity contribution in [1.29, 1.82) is 0 Å². The number of aromatic nitrogens is 2. The third-order valence-electron chi connectivity index (χ3n) is 6.07. The number of nitrogens with zero attached hydrogens (tertiary/aromatic N) is 4. The van der Waals surface area contributed by atoms with Gasteiger partial charge in [-0.25, -0.2) is 13.4 Å². The molecule has 0 radical (unpaired) electrons. The first-order valence-corrected chi connectivity index (χ1v) is 12.4. The van der Waals surface area contributed by atoms with E-state index in [0.29, 0.717) is 24.4 Å². The van der Waals surface area contributed by atoms with E-state index < -0.39 is 10.0 Å². The predicted molar refractivity (Wildman–Crippen MR) is 129 cm³/mol. The number of benzene rings is 3. The average Bonchev–Trinajstić information content (AvgIpc) is 3.33. The molecule has 1 aromatic heterocycles. The van der Waals surface area contributed by atoms with Gasteiger partial charge in [-0.15, -0.1) is 0 Å². The number of carbonyl (C=O) groups excluding carboxylic acids is 1. The van der Waals surface area contributed by atoms with E-state index in [4.69, 9.17) is 4.74 Å². The molecule has 0 N–H and O–H groups in total. The fourth-order valence-corrected chi connectivity index (χ4v) is 5.56. The van der Waals surface area contributed by atoms with Crippen LogP contribution in [0.5, 0.6) is 5.75 Å². The summed E-state index contributed by atoms with van der Waals surface area (Å²) in [6.45, 7) is 1.17. The Balaban J connectivity index is 1.26. The summed E-state index contributed by atoms with van der Waals surface area (Å²) in [5, 5.41) is 0. The Morgan fingerprint density at radius 1 is 0.882 bits per heavy atom. The van der Waals surface area contributed by atoms with E-state index in [-0.39, 0.29) is 23.9 Å². The second-order valence-corrected chi connectivity index (χ2v) is 9.96. The van der Waals surface area contributed by atoms with Crippen molar-refractivity contribution in [2.75, 3.05) is 33.3 Å². The fraction of sp³-hybridized carbons (Fsp3) is 0.200. The van der Waals surface area contributed by atoms with E-state index in [1.807, 2.05) is 41.0 Å². The number of sulfonamides is 1. The van der Waals surface area contributed by atoms with Crippen molar-refractivity contribution in [2.24, 2.45) is 0 Å². The standard InChI is InChI=1S/C25H24N4O4S/c1-33-21-10-12-22(13-11-21)34(31,32)28-16-14-27(15-17-28)25(30)19-6-8-20(9-7-19)29-18-26-23-4-2-3-5-24(23)29/h2-13,18H,14-17H2,1H3. The summed E-state index contributed by atoms with van der Waals surface area (Å²) in [6, 6.07) is 21.6. The number of hydrogen-bond acceptors (Lipinski definition) is 5. The molecule has 1 saturated heterocycles. The van der Waals surface area contributed by atoms with Gasteiger partial charge in [0.1, 0.15) is 12.1 Å². The number of carbonyl (C=O) groups is 1. The number of para-hydroxylation sites is 2. The first-order valence-electron chi connectivity index (χ1n) is 10.9. The molecule has 8 nitrogen and oxygen atoms in total. The average molecular weight is 477 g/mol. The minimum atomic E-state index is -3.62. The summed E-state index contributed by atoms with van der Waals surface area (Å²) in [6.07, 6.45) is 1.77. The lowest BCUT2D eigenvalue weighted by atomic mass is 10.1. The highest BCUT2D eigenvalue weighted by Crippen LogP contribution is 2.22. The third kappa shape index (κ3) is 4.04. The Morgan fingerprint density at radius 2 is 1.56 bits per heavy atom. The van der Waals surface area contributed by atoms with E-state index in [9.17, 15) is 13.2 Å². The van der Waals surface area contributed by atoms with Crippen LogP contribution in [0.15, 0.2) is 84.0 Å². The van der Waals surface area contributed by atoms with Crippen LogP contribution in [0.3, 0.4) is 0 Å². The van der Waals surface area contributed by atoms with Crippen LogP contribution in [-0.4, -0.2) is 66.4 Å². The van der Waals surface area contributed by atoms with Crippen LogP contribution in [0.25, 0.3) is 16.7 Å². The largest absolute Gasteiger partial charge is 0.497 e. The maximum Gasteiger partial charge on any atom is 0.253 e. The maximum atomic E-state index is 13.0. The highest BCUT2D eigenvalue weighted by Gasteiger charge is 2.30. The minimum Gasteiger partial charge on any atom is -0.497 e. The second-order valence-electron chi connectivity index (χ2n) is 8.02. The van der Waals surface area contributed by atoms with Gasteiger partial charge in [-0.3, -0.25) is 9.36 Å². The number of hydrogen-bond donors (Lipinski definition) is 0. The van der Waals surface area contributed by atoms with E-state index in [1.54, 1.807) is 35.5 Å². The van der Waals surface area contributed by atoms with E-state index >= 15 is 0 Å². The normalized spacial score (nSPS) is 14.9. The number of methoxy groups -OCH3 is 1. The van der Waals surface area contributed by atoms with Gasteiger partial charge in [0.15, 0.2) is 0 Å². The molecule has 1 amide bonds. The lowest BCUT2D eigenvalue weighted by Crippen LogP contribution is -2.50. The van der Waals surface area contributed by atoms with Crippen molar-refractivity contribution >= 4 is 27.0 Å². The monoisotopic (exact) mass is 476 g/mol. The number of amides is 1. The maximum absolute atomic E-state index is 13.0. The molecule has 0 bridgehead atoms. The first-order chi connectivity index (χ1) is 16.5. The summed E-state index contributed by atoms with van der Waals surface area (Å²) < 4.78 is 34.4. The van der Waals surface area contributed by atoms with Gasteiger partial charge in [-0.1, -0.05) is 12.1 Å². The van der Waals surface area contributed by atoms with Crippen molar-refractivity contribution in [3.8, 4) is 11.4 Å². The van der Waals surface area contributed by atoms with Crippen LogP contribution in [0.2, 0.25) is 0 Å². The number of piperazine rings is 1. The molecule has 4 aromatic rings. The van der Waals surface area contributed by atoms with E-state index in [1.165, 1.54) is 23.5 Å². The van der Waals surface area contributed by atoms with Crippen molar-refractivity contribution in [3.63, 3.8) is 0 Å². The zero-order valence-corrected chi connectivity index (χ0v) is 19.5. The summed E-state index contributed by atoms with van der Waals surface area (Å²) in [5.74, 6) is 0.491. The van der Waals surface area contributed by atoms with Gasteiger partial charge < -0.3 is 9.64 Å². The summed E-state index contributed by atoms with van der Waals surface area (Å²) in [4.78, 5) is 19.4. The molecule has 1 aliphatic rings. The quantitative estimate of drug-likeness (QED) is 0.442. The molecule has 3 aromatic carbocycles. The molecule has 0 atom stereocenters. The molecule has 0 saturated carbocycles. The smallest absolute Gasteiger partial charge is 0.253 e. The lowest BCUT2D eigenvalue weighted by Gasteiger charge is -2.34. The minimum absolute atomic E-state index is 0.108. The molecule has 1 aliphatic heterocycles. The Labute approximate surface area is 198 Å².